The first-order chi connectivity index (χ1) is 16.2. The Balaban J connectivity index is 1.64. The maximum Gasteiger partial charge on any atom is 0.314 e. The Morgan fingerprint density at radius 1 is 0.971 bits per heavy atom. The zero-order chi connectivity index (χ0) is 25.8. The van der Waals surface area contributed by atoms with Gasteiger partial charge in [-0.1, -0.05) is 47.1 Å². The van der Waals surface area contributed by atoms with Crippen molar-refractivity contribution in [2.45, 2.75) is 106 Å². The Labute approximate surface area is 212 Å². The number of esters is 1. The van der Waals surface area contributed by atoms with E-state index in [4.69, 9.17) is 4.74 Å². The summed E-state index contributed by atoms with van der Waals surface area (Å²) < 4.78 is 5.25. The molecule has 4 fully saturated rings. The van der Waals surface area contributed by atoms with Crippen LogP contribution in [0.4, 0.5) is 0 Å². The van der Waals surface area contributed by atoms with E-state index in [0.29, 0.717) is 29.6 Å². The molecule has 0 radical (unpaired) electrons. The predicted molar refractivity (Wildman–Crippen MR) is 137 cm³/mol. The fourth-order valence-electron chi connectivity index (χ4n) is 10.9. The third kappa shape index (κ3) is 2.95. The summed E-state index contributed by atoms with van der Waals surface area (Å²) in [5, 5.41) is 11.1. The molecule has 0 amide bonds. The summed E-state index contributed by atoms with van der Waals surface area (Å²) >= 11 is 0. The molecule has 0 aromatic carbocycles. The van der Waals surface area contributed by atoms with Crippen LogP contribution in [0, 0.1) is 56.7 Å². The fourth-order valence-corrected chi connectivity index (χ4v) is 10.9. The summed E-state index contributed by atoms with van der Waals surface area (Å²) in [6.45, 7) is 16.4. The van der Waals surface area contributed by atoms with E-state index < -0.39 is 11.5 Å². The number of carbonyl (C=O) groups excluding carboxylic acids is 2. The normalized spacial score (nSPS) is 55.6. The SMILES string of the molecule is COC(=O)[C@@]1(C)[C@H](O)CC[C@@]2(C)[C@H]1CC[C@]1(C)[C@@H]2C(=O)C=C2[C@@H]3[C@@H](C)[C@H](C)CC[C@]3(C)CC[C@]21C. The van der Waals surface area contributed by atoms with E-state index in [-0.39, 0.29) is 39.8 Å². The highest BCUT2D eigenvalue weighted by Gasteiger charge is 2.71. The molecule has 4 nitrogen and oxygen atoms in total. The van der Waals surface area contributed by atoms with Gasteiger partial charge in [0.25, 0.3) is 0 Å². The minimum Gasteiger partial charge on any atom is -0.469 e. The maximum atomic E-state index is 14.3. The van der Waals surface area contributed by atoms with Crippen LogP contribution in [0.1, 0.15) is 99.8 Å². The monoisotopic (exact) mass is 484 g/mol. The number of hydrogen-bond donors (Lipinski definition) is 1. The van der Waals surface area contributed by atoms with Crippen LogP contribution in [0.15, 0.2) is 11.6 Å². The lowest BCUT2D eigenvalue weighted by molar-refractivity contribution is -0.216. The molecule has 5 aliphatic carbocycles. The molecule has 0 aromatic rings. The molecule has 0 aliphatic heterocycles. The van der Waals surface area contributed by atoms with Gasteiger partial charge in [0.15, 0.2) is 5.78 Å². The van der Waals surface area contributed by atoms with E-state index in [0.717, 1.165) is 25.7 Å². The van der Waals surface area contributed by atoms with Crippen molar-refractivity contribution < 1.29 is 19.4 Å². The van der Waals surface area contributed by atoms with Gasteiger partial charge in [-0.25, -0.2) is 0 Å². The second-order valence-electron chi connectivity index (χ2n) is 14.6. The van der Waals surface area contributed by atoms with Gasteiger partial charge < -0.3 is 9.84 Å². The largest absolute Gasteiger partial charge is 0.469 e. The first-order valence-corrected chi connectivity index (χ1v) is 14.2. The molecule has 4 saturated carbocycles. The molecule has 0 bridgehead atoms. The minimum atomic E-state index is -0.966. The average molecular weight is 485 g/mol. The molecular formula is C31H48O4. The van der Waals surface area contributed by atoms with Gasteiger partial charge in [0.05, 0.1) is 18.6 Å². The van der Waals surface area contributed by atoms with Crippen LogP contribution >= 0.6 is 0 Å². The van der Waals surface area contributed by atoms with Gasteiger partial charge in [0, 0.05) is 5.92 Å². The third-order valence-corrected chi connectivity index (χ3v) is 13.4. The number of ether oxygens (including phenoxy) is 1. The van der Waals surface area contributed by atoms with Gasteiger partial charge >= 0.3 is 5.97 Å². The lowest BCUT2D eigenvalue weighted by Crippen LogP contribution is -2.68. The van der Waals surface area contributed by atoms with Crippen molar-refractivity contribution in [2.75, 3.05) is 7.11 Å². The number of carbonyl (C=O) groups is 2. The zero-order valence-electron chi connectivity index (χ0n) is 23.4. The lowest BCUT2D eigenvalue weighted by atomic mass is 9.33. The molecule has 0 heterocycles. The average Bonchev–Trinajstić information content (AvgIpc) is 2.80. The fraction of sp³-hybridized carbons (Fsp3) is 0.871. The number of fused-ring (bicyclic) bond motifs is 7. The second kappa shape index (κ2) is 7.68. The Bertz CT molecular complexity index is 969. The van der Waals surface area contributed by atoms with E-state index in [9.17, 15) is 14.7 Å². The van der Waals surface area contributed by atoms with Gasteiger partial charge in [-0.2, -0.15) is 0 Å². The first-order valence-electron chi connectivity index (χ1n) is 14.2. The minimum absolute atomic E-state index is 0.00716. The predicted octanol–water partition coefficient (Wildman–Crippen LogP) is 6.36. The number of methoxy groups -OCH3 is 1. The van der Waals surface area contributed by atoms with E-state index in [1.54, 1.807) is 0 Å². The van der Waals surface area contributed by atoms with Crippen LogP contribution in [0.2, 0.25) is 0 Å². The first kappa shape index (κ1) is 25.5. The summed E-state index contributed by atoms with van der Waals surface area (Å²) in [7, 11) is 1.42. The van der Waals surface area contributed by atoms with Gasteiger partial charge in [-0.3, -0.25) is 9.59 Å². The highest BCUT2D eigenvalue weighted by Crippen LogP contribution is 2.75. The topological polar surface area (TPSA) is 63.6 Å². The Kier molecular flexibility index (Phi) is 5.59. The molecule has 4 heteroatoms. The molecule has 1 N–H and O–H groups in total. The molecule has 5 rings (SSSR count). The van der Waals surface area contributed by atoms with Gasteiger partial charge in [0.2, 0.25) is 0 Å². The zero-order valence-corrected chi connectivity index (χ0v) is 23.4. The molecule has 5 aliphatic rings. The molecule has 0 aromatic heterocycles. The summed E-state index contributed by atoms with van der Waals surface area (Å²) in [5.74, 6) is 1.52. The van der Waals surface area contributed by atoms with Crippen LogP contribution in [0.3, 0.4) is 0 Å². The number of aliphatic hydroxyl groups excluding tert-OH is 1. The highest BCUT2D eigenvalue weighted by atomic mass is 16.5. The molecule has 0 spiro atoms. The molecule has 0 saturated heterocycles. The summed E-state index contributed by atoms with van der Waals surface area (Å²) in [6.07, 6.45) is 9.42. The van der Waals surface area contributed by atoms with Gasteiger partial charge in [-0.15, -0.1) is 0 Å². The van der Waals surface area contributed by atoms with Crippen LogP contribution in [0.5, 0.6) is 0 Å². The van der Waals surface area contributed by atoms with E-state index in [1.165, 1.54) is 31.9 Å². The summed E-state index contributed by atoms with van der Waals surface area (Å²) in [6, 6.07) is 0. The van der Waals surface area contributed by atoms with Crippen molar-refractivity contribution in [2.24, 2.45) is 56.7 Å². The highest BCUT2D eigenvalue weighted by molar-refractivity contribution is 5.96. The number of hydrogen-bond acceptors (Lipinski definition) is 4. The standard InChI is InChI=1S/C31H48O4/c1-18-9-12-27(3)15-16-29(5)20(24(27)19(18)2)17-21(32)25-28(4)13-11-23(33)31(7,26(34)35-8)22(28)10-14-30(25,29)6/h17-19,22-25,33H,9-16H2,1-8H3/t18-,19+,22-,23-,24+,25-,27-,28+,29-,30-,31-/m1/s1. The van der Waals surface area contributed by atoms with Crippen molar-refractivity contribution in [1.82, 2.24) is 0 Å². The van der Waals surface area contributed by atoms with Crippen LogP contribution < -0.4 is 0 Å². The molecule has 196 valence electrons. The second-order valence-corrected chi connectivity index (χ2v) is 14.6. The van der Waals surface area contributed by atoms with Crippen molar-refractivity contribution in [3.63, 3.8) is 0 Å². The maximum absolute atomic E-state index is 14.3. The molecular weight excluding hydrogens is 436 g/mol. The molecule has 11 atom stereocenters. The Morgan fingerprint density at radius 3 is 2.31 bits per heavy atom. The number of ketones is 1. The van der Waals surface area contributed by atoms with E-state index >= 15 is 0 Å². The van der Waals surface area contributed by atoms with Crippen molar-refractivity contribution in [1.29, 1.82) is 0 Å². The van der Waals surface area contributed by atoms with E-state index in [1.807, 2.05) is 6.92 Å². The van der Waals surface area contributed by atoms with Crippen LogP contribution in [-0.4, -0.2) is 30.1 Å². The van der Waals surface area contributed by atoms with Gasteiger partial charge in [-0.05, 0) is 110 Å². The summed E-state index contributed by atoms with van der Waals surface area (Å²) in [4.78, 5) is 27.4. The Morgan fingerprint density at radius 2 is 1.66 bits per heavy atom. The van der Waals surface area contributed by atoms with E-state index in [2.05, 4.69) is 47.6 Å². The van der Waals surface area contributed by atoms with Crippen LogP contribution in [-0.2, 0) is 14.3 Å². The smallest absolute Gasteiger partial charge is 0.314 e. The van der Waals surface area contributed by atoms with Crippen molar-refractivity contribution >= 4 is 11.8 Å². The third-order valence-electron chi connectivity index (χ3n) is 13.4. The van der Waals surface area contributed by atoms with Gasteiger partial charge in [0.1, 0.15) is 0 Å². The number of allylic oxidation sites excluding steroid dienone is 2. The lowest BCUT2D eigenvalue weighted by Gasteiger charge is -2.70. The number of aliphatic hydroxyl groups is 1. The quantitative estimate of drug-likeness (QED) is 0.440. The Hall–Kier alpha value is -1.16. The number of rotatable bonds is 1. The molecule has 0 unspecified atom stereocenters. The van der Waals surface area contributed by atoms with Crippen molar-refractivity contribution in [3.05, 3.63) is 11.6 Å². The van der Waals surface area contributed by atoms with Crippen molar-refractivity contribution in [3.8, 4) is 0 Å². The van der Waals surface area contributed by atoms with Crippen LogP contribution in [0.25, 0.3) is 0 Å². The summed E-state index contributed by atoms with van der Waals surface area (Å²) in [5.41, 5.74) is 0.298. The molecule has 35 heavy (non-hydrogen) atoms.